The molecule has 3 rings (SSSR count). The average Bonchev–Trinajstić information content (AvgIpc) is 2.79. The standard InChI is InChI=1S/C16H22N2O2S/c1-15(2)12-9-10-16(15,3)14(11-12)17-18-21(19,20)13-7-5-4-6-8-13/h4-8,12,18H,9-11H2,1-3H3/b17-14-/t12-,16+/m0/s1. The SMILES string of the molecule is CC1(C)[C@H]2CC[C@]1(C)/C(=N\NS(=O)(=O)c1ccccc1)C2. The van der Waals surface area contributed by atoms with E-state index in [1.807, 2.05) is 0 Å². The summed E-state index contributed by atoms with van der Waals surface area (Å²) in [6.45, 7) is 6.77. The fourth-order valence-corrected chi connectivity index (χ4v) is 4.72. The lowest BCUT2D eigenvalue weighted by atomic mass is 9.70. The Bertz CT molecular complexity index is 679. The summed E-state index contributed by atoms with van der Waals surface area (Å²) in [5.41, 5.74) is 1.21. The fourth-order valence-electron chi connectivity index (χ4n) is 3.87. The summed E-state index contributed by atoms with van der Waals surface area (Å²) in [5, 5.41) is 4.30. The Morgan fingerprint density at radius 3 is 2.38 bits per heavy atom. The number of hydrogen-bond acceptors (Lipinski definition) is 3. The Labute approximate surface area is 126 Å². The number of hydrazone groups is 1. The molecule has 1 aromatic rings. The van der Waals surface area contributed by atoms with Crippen molar-refractivity contribution in [3.8, 4) is 0 Å². The summed E-state index contributed by atoms with van der Waals surface area (Å²) < 4.78 is 24.5. The molecular formula is C16H22N2O2S. The first-order valence-electron chi connectivity index (χ1n) is 7.41. The predicted octanol–water partition coefficient (Wildman–Crippen LogP) is 3.17. The number of rotatable bonds is 3. The first-order chi connectivity index (χ1) is 9.77. The summed E-state index contributed by atoms with van der Waals surface area (Å²) in [7, 11) is -3.57. The number of hydrogen-bond donors (Lipinski definition) is 1. The van der Waals surface area contributed by atoms with Crippen LogP contribution in [0, 0.1) is 16.7 Å². The van der Waals surface area contributed by atoms with Crippen LogP contribution in [-0.2, 0) is 10.0 Å². The molecule has 2 atom stereocenters. The highest BCUT2D eigenvalue weighted by molar-refractivity contribution is 7.89. The van der Waals surface area contributed by atoms with Gasteiger partial charge in [0.05, 0.1) is 4.90 Å². The van der Waals surface area contributed by atoms with Gasteiger partial charge >= 0.3 is 0 Å². The van der Waals surface area contributed by atoms with Crippen LogP contribution in [0.4, 0.5) is 0 Å². The van der Waals surface area contributed by atoms with Crippen LogP contribution in [0.3, 0.4) is 0 Å². The van der Waals surface area contributed by atoms with E-state index >= 15 is 0 Å². The summed E-state index contributed by atoms with van der Waals surface area (Å²) in [5.74, 6) is 0.613. The van der Waals surface area contributed by atoms with E-state index in [1.54, 1.807) is 30.3 Å². The van der Waals surface area contributed by atoms with E-state index in [9.17, 15) is 8.42 Å². The van der Waals surface area contributed by atoms with Crippen LogP contribution >= 0.6 is 0 Å². The van der Waals surface area contributed by atoms with Gasteiger partial charge in [0.15, 0.2) is 0 Å². The first kappa shape index (κ1) is 14.6. The number of nitrogens with one attached hydrogen (secondary N) is 1. The molecule has 0 heterocycles. The van der Waals surface area contributed by atoms with Gasteiger partial charge in [-0.05, 0) is 42.7 Å². The molecule has 2 saturated carbocycles. The van der Waals surface area contributed by atoms with Crippen molar-refractivity contribution in [3.63, 3.8) is 0 Å². The third-order valence-corrected chi connectivity index (χ3v) is 7.09. The molecule has 0 spiro atoms. The quantitative estimate of drug-likeness (QED) is 0.872. The van der Waals surface area contributed by atoms with Gasteiger partial charge in [0.25, 0.3) is 10.0 Å². The van der Waals surface area contributed by atoms with E-state index in [-0.39, 0.29) is 15.7 Å². The zero-order valence-corrected chi connectivity index (χ0v) is 13.6. The minimum absolute atomic E-state index is 0.0108. The molecule has 0 amide bonds. The van der Waals surface area contributed by atoms with Crippen LogP contribution in [0.5, 0.6) is 0 Å². The van der Waals surface area contributed by atoms with E-state index < -0.39 is 10.0 Å². The molecule has 21 heavy (non-hydrogen) atoms. The third-order valence-electron chi connectivity index (χ3n) is 5.87. The molecule has 0 aliphatic heterocycles. The monoisotopic (exact) mass is 306 g/mol. The van der Waals surface area contributed by atoms with Gasteiger partial charge in [0, 0.05) is 11.1 Å². The predicted molar refractivity (Wildman–Crippen MR) is 83.4 cm³/mol. The van der Waals surface area contributed by atoms with E-state index in [1.165, 1.54) is 6.42 Å². The summed E-state index contributed by atoms with van der Waals surface area (Å²) in [6, 6.07) is 8.38. The Balaban J connectivity index is 1.86. The topological polar surface area (TPSA) is 58.5 Å². The second-order valence-corrected chi connectivity index (χ2v) is 8.62. The molecule has 114 valence electrons. The van der Waals surface area contributed by atoms with E-state index in [2.05, 4.69) is 30.7 Å². The highest BCUT2D eigenvalue weighted by atomic mass is 32.2. The van der Waals surface area contributed by atoms with Crippen molar-refractivity contribution in [2.24, 2.45) is 21.8 Å². The van der Waals surface area contributed by atoms with Crippen molar-refractivity contribution >= 4 is 15.7 Å². The van der Waals surface area contributed by atoms with Gasteiger partial charge in [-0.15, -0.1) is 0 Å². The van der Waals surface area contributed by atoms with E-state index in [0.29, 0.717) is 5.92 Å². The highest BCUT2D eigenvalue weighted by Crippen LogP contribution is 2.63. The Kier molecular flexibility index (Phi) is 3.17. The van der Waals surface area contributed by atoms with Crippen molar-refractivity contribution in [3.05, 3.63) is 30.3 Å². The maximum absolute atomic E-state index is 12.2. The Morgan fingerprint density at radius 1 is 1.19 bits per heavy atom. The number of nitrogens with zero attached hydrogens (tertiary/aromatic N) is 1. The van der Waals surface area contributed by atoms with Crippen molar-refractivity contribution in [1.82, 2.24) is 4.83 Å². The molecule has 0 radical (unpaired) electrons. The molecular weight excluding hydrogens is 284 g/mol. The molecule has 0 aromatic heterocycles. The van der Waals surface area contributed by atoms with Gasteiger partial charge in [-0.2, -0.15) is 13.5 Å². The molecule has 1 aromatic carbocycles. The zero-order chi connectivity index (χ0) is 15.3. The lowest BCUT2D eigenvalue weighted by Crippen LogP contribution is -2.34. The van der Waals surface area contributed by atoms with Crippen molar-refractivity contribution < 1.29 is 8.42 Å². The van der Waals surface area contributed by atoms with Gasteiger partial charge in [0.1, 0.15) is 0 Å². The summed E-state index contributed by atoms with van der Waals surface area (Å²) >= 11 is 0. The van der Waals surface area contributed by atoms with Crippen molar-refractivity contribution in [2.75, 3.05) is 0 Å². The van der Waals surface area contributed by atoms with Gasteiger partial charge in [-0.3, -0.25) is 0 Å². The van der Waals surface area contributed by atoms with Gasteiger partial charge < -0.3 is 0 Å². The second kappa shape index (κ2) is 4.57. The average molecular weight is 306 g/mol. The molecule has 0 saturated heterocycles. The normalized spacial score (nSPS) is 32.5. The van der Waals surface area contributed by atoms with Gasteiger partial charge in [-0.1, -0.05) is 39.0 Å². The molecule has 5 heteroatoms. The fraction of sp³-hybridized carbons (Fsp3) is 0.562. The minimum atomic E-state index is -3.57. The van der Waals surface area contributed by atoms with E-state index in [4.69, 9.17) is 0 Å². The lowest BCUT2D eigenvalue weighted by Gasteiger charge is -2.34. The van der Waals surface area contributed by atoms with Crippen LogP contribution in [0.15, 0.2) is 40.3 Å². The number of sulfonamides is 1. The number of fused-ring (bicyclic) bond motifs is 2. The summed E-state index contributed by atoms with van der Waals surface area (Å²) in [4.78, 5) is 2.68. The first-order valence-corrected chi connectivity index (χ1v) is 8.89. The van der Waals surface area contributed by atoms with Gasteiger partial charge in [0.2, 0.25) is 0 Å². The molecule has 0 unspecified atom stereocenters. The van der Waals surface area contributed by atoms with Crippen LogP contribution in [-0.4, -0.2) is 14.1 Å². The molecule has 4 nitrogen and oxygen atoms in total. The van der Waals surface area contributed by atoms with Crippen LogP contribution < -0.4 is 4.83 Å². The van der Waals surface area contributed by atoms with Crippen molar-refractivity contribution in [2.45, 2.75) is 44.9 Å². The maximum atomic E-state index is 12.2. The van der Waals surface area contributed by atoms with E-state index in [0.717, 1.165) is 18.6 Å². The minimum Gasteiger partial charge on any atom is -0.200 e. The zero-order valence-electron chi connectivity index (χ0n) is 12.8. The smallest absolute Gasteiger partial charge is 0.200 e. The molecule has 1 N–H and O–H groups in total. The van der Waals surface area contributed by atoms with Crippen LogP contribution in [0.1, 0.15) is 40.0 Å². The maximum Gasteiger partial charge on any atom is 0.276 e. The molecule has 2 aliphatic carbocycles. The number of benzene rings is 1. The third kappa shape index (κ3) is 2.09. The Morgan fingerprint density at radius 2 is 1.86 bits per heavy atom. The molecule has 2 aliphatic rings. The van der Waals surface area contributed by atoms with Crippen LogP contribution in [0.25, 0.3) is 0 Å². The summed E-state index contributed by atoms with van der Waals surface area (Å²) in [6.07, 6.45) is 3.21. The largest absolute Gasteiger partial charge is 0.276 e. The van der Waals surface area contributed by atoms with Crippen LogP contribution in [0.2, 0.25) is 0 Å². The Hall–Kier alpha value is -1.36. The van der Waals surface area contributed by atoms with Gasteiger partial charge in [-0.25, -0.2) is 4.83 Å². The van der Waals surface area contributed by atoms with Crippen molar-refractivity contribution in [1.29, 1.82) is 0 Å². The highest BCUT2D eigenvalue weighted by Gasteiger charge is 2.60. The molecule has 2 fully saturated rings. The lowest BCUT2D eigenvalue weighted by molar-refractivity contribution is 0.193. The molecule has 2 bridgehead atoms. The second-order valence-electron chi connectivity index (χ2n) is 6.96.